The number of nitrogens with zero attached hydrogens (tertiary/aromatic N) is 1. The Morgan fingerprint density at radius 3 is 2.45 bits per heavy atom. The Hall–Kier alpha value is -2.54. The highest BCUT2D eigenvalue weighted by Gasteiger charge is 2.24. The van der Waals surface area contributed by atoms with E-state index in [-0.39, 0.29) is 11.9 Å². The summed E-state index contributed by atoms with van der Waals surface area (Å²) in [6.07, 6.45) is 1.73. The second kappa shape index (κ2) is 8.45. The van der Waals surface area contributed by atoms with Gasteiger partial charge in [0.2, 0.25) is 0 Å². The number of hydrogen-bond donors (Lipinski definition) is 2. The minimum atomic E-state index is -0.384. The lowest BCUT2D eigenvalue weighted by molar-refractivity contribution is 0.0989. The van der Waals surface area contributed by atoms with Crippen molar-refractivity contribution in [3.63, 3.8) is 0 Å². The summed E-state index contributed by atoms with van der Waals surface area (Å²) < 4.78 is 0. The van der Waals surface area contributed by atoms with E-state index in [4.69, 9.17) is 23.2 Å². The van der Waals surface area contributed by atoms with Crippen molar-refractivity contribution in [1.82, 2.24) is 0 Å². The van der Waals surface area contributed by atoms with E-state index in [1.807, 2.05) is 34.5 Å². The molecule has 5 nitrogen and oxygen atoms in total. The molecular formula is C21H17Cl2N3O2S. The number of benzene rings is 2. The minimum absolute atomic E-state index is 0.0130. The molecule has 0 fully saturated rings. The summed E-state index contributed by atoms with van der Waals surface area (Å²) in [6, 6.07) is 13.8. The molecule has 2 N–H and O–H groups in total. The highest BCUT2D eigenvalue weighted by molar-refractivity contribution is 7.12. The van der Waals surface area contributed by atoms with Gasteiger partial charge in [-0.2, -0.15) is 0 Å². The first-order valence-corrected chi connectivity index (χ1v) is 10.7. The van der Waals surface area contributed by atoms with Crippen LogP contribution in [0.2, 0.25) is 10.0 Å². The predicted molar refractivity (Wildman–Crippen MR) is 120 cm³/mol. The predicted octanol–water partition coefficient (Wildman–Crippen LogP) is 6.29. The molecule has 0 saturated heterocycles. The summed E-state index contributed by atoms with van der Waals surface area (Å²) in [5.41, 5.74) is 3.13. The van der Waals surface area contributed by atoms with E-state index in [0.29, 0.717) is 28.0 Å². The number of urea groups is 1. The molecule has 3 aromatic rings. The zero-order chi connectivity index (χ0) is 20.4. The number of thiophene rings is 1. The number of halogens is 2. The maximum absolute atomic E-state index is 12.8. The number of carbonyl (C=O) groups is 2. The molecule has 1 aromatic heterocycles. The van der Waals surface area contributed by atoms with Crippen molar-refractivity contribution in [3.05, 3.63) is 74.4 Å². The van der Waals surface area contributed by atoms with Gasteiger partial charge < -0.3 is 15.5 Å². The quantitative estimate of drug-likeness (QED) is 0.497. The summed E-state index contributed by atoms with van der Waals surface area (Å²) in [6.45, 7) is 0.689. The molecule has 0 unspecified atom stereocenters. The fourth-order valence-corrected chi connectivity index (χ4v) is 4.26. The van der Waals surface area contributed by atoms with E-state index in [0.717, 1.165) is 29.0 Å². The zero-order valence-corrected chi connectivity index (χ0v) is 17.6. The molecule has 0 saturated carbocycles. The van der Waals surface area contributed by atoms with Crippen LogP contribution in [0.5, 0.6) is 0 Å². The number of nitrogens with one attached hydrogen (secondary N) is 2. The molecule has 0 bridgehead atoms. The summed E-state index contributed by atoms with van der Waals surface area (Å²) in [4.78, 5) is 27.6. The first kappa shape index (κ1) is 19.8. The maximum Gasteiger partial charge on any atom is 0.323 e. The summed E-state index contributed by atoms with van der Waals surface area (Å²) >= 11 is 13.3. The first-order valence-electron chi connectivity index (χ1n) is 9.02. The Bertz CT molecular complexity index is 1070. The lowest BCUT2D eigenvalue weighted by atomic mass is 10.0. The van der Waals surface area contributed by atoms with Gasteiger partial charge in [-0.05, 0) is 66.2 Å². The molecule has 1 aliphatic heterocycles. The van der Waals surface area contributed by atoms with Crippen molar-refractivity contribution in [3.8, 4) is 0 Å². The van der Waals surface area contributed by atoms with Crippen LogP contribution in [-0.4, -0.2) is 18.5 Å². The van der Waals surface area contributed by atoms with Gasteiger partial charge in [0.15, 0.2) is 0 Å². The molecule has 148 valence electrons. The largest absolute Gasteiger partial charge is 0.323 e. The fourth-order valence-electron chi connectivity index (χ4n) is 3.29. The number of aryl methyl sites for hydroxylation is 1. The summed E-state index contributed by atoms with van der Waals surface area (Å²) in [5, 5.41) is 8.24. The maximum atomic E-state index is 12.8. The number of hydrogen-bond acceptors (Lipinski definition) is 3. The van der Waals surface area contributed by atoms with Crippen LogP contribution in [0.4, 0.5) is 21.9 Å². The Morgan fingerprint density at radius 1 is 0.966 bits per heavy atom. The van der Waals surface area contributed by atoms with Gasteiger partial charge in [-0.25, -0.2) is 4.79 Å². The van der Waals surface area contributed by atoms with Gasteiger partial charge >= 0.3 is 6.03 Å². The summed E-state index contributed by atoms with van der Waals surface area (Å²) in [7, 11) is 0. The topological polar surface area (TPSA) is 61.4 Å². The van der Waals surface area contributed by atoms with Crippen molar-refractivity contribution in [2.45, 2.75) is 12.8 Å². The molecule has 2 heterocycles. The standard InChI is InChI=1S/C21H17Cl2N3O2S/c22-16-7-5-15(12-17(16)23)25-21(28)24-14-6-8-18-13(11-14)3-1-9-26(18)20(27)19-4-2-10-29-19/h2,4-8,10-12H,1,3,9H2,(H2,24,25,28). The third-order valence-electron chi connectivity index (χ3n) is 4.61. The number of rotatable bonds is 3. The third-order valence-corrected chi connectivity index (χ3v) is 6.21. The zero-order valence-electron chi connectivity index (χ0n) is 15.2. The van der Waals surface area contributed by atoms with E-state index in [9.17, 15) is 9.59 Å². The van der Waals surface area contributed by atoms with Crippen LogP contribution in [0.25, 0.3) is 0 Å². The number of carbonyl (C=O) groups excluding carboxylic acids is 2. The highest BCUT2D eigenvalue weighted by atomic mass is 35.5. The Balaban J connectivity index is 1.48. The minimum Gasteiger partial charge on any atom is -0.308 e. The fraction of sp³-hybridized carbons (Fsp3) is 0.143. The van der Waals surface area contributed by atoms with Crippen LogP contribution in [0.15, 0.2) is 53.9 Å². The Kier molecular flexibility index (Phi) is 5.76. The average molecular weight is 446 g/mol. The van der Waals surface area contributed by atoms with Crippen LogP contribution in [0.3, 0.4) is 0 Å². The van der Waals surface area contributed by atoms with Gasteiger partial charge in [0.05, 0.1) is 14.9 Å². The monoisotopic (exact) mass is 445 g/mol. The molecule has 0 spiro atoms. The van der Waals surface area contributed by atoms with Crippen molar-refractivity contribution >= 4 is 63.5 Å². The Labute approximate surface area is 182 Å². The molecule has 3 amide bonds. The second-order valence-electron chi connectivity index (χ2n) is 6.59. The van der Waals surface area contributed by atoms with Crippen LogP contribution in [0, 0.1) is 0 Å². The Morgan fingerprint density at radius 2 is 1.72 bits per heavy atom. The summed E-state index contributed by atoms with van der Waals surface area (Å²) in [5.74, 6) is 0.0130. The average Bonchev–Trinajstić information content (AvgIpc) is 3.24. The molecule has 0 aliphatic carbocycles. The van der Waals surface area contributed by atoms with Crippen molar-refractivity contribution in [2.24, 2.45) is 0 Å². The number of amides is 3. The van der Waals surface area contributed by atoms with Crippen LogP contribution in [0.1, 0.15) is 21.7 Å². The molecule has 0 radical (unpaired) electrons. The van der Waals surface area contributed by atoms with Crippen molar-refractivity contribution < 1.29 is 9.59 Å². The van der Waals surface area contributed by atoms with E-state index in [1.165, 1.54) is 11.3 Å². The van der Waals surface area contributed by atoms with Crippen LogP contribution < -0.4 is 15.5 Å². The third kappa shape index (κ3) is 4.40. The molecule has 4 rings (SSSR count). The smallest absolute Gasteiger partial charge is 0.308 e. The lowest BCUT2D eigenvalue weighted by Gasteiger charge is -2.29. The van der Waals surface area contributed by atoms with Crippen molar-refractivity contribution in [2.75, 3.05) is 22.1 Å². The van der Waals surface area contributed by atoms with E-state index in [1.54, 1.807) is 24.3 Å². The van der Waals surface area contributed by atoms with Gasteiger partial charge in [0.1, 0.15) is 0 Å². The van der Waals surface area contributed by atoms with Crippen LogP contribution in [-0.2, 0) is 6.42 Å². The van der Waals surface area contributed by atoms with Crippen molar-refractivity contribution in [1.29, 1.82) is 0 Å². The SMILES string of the molecule is O=C(Nc1ccc(Cl)c(Cl)c1)Nc1ccc2c(c1)CCCN2C(=O)c1cccs1. The molecule has 1 aliphatic rings. The van der Waals surface area contributed by atoms with E-state index < -0.39 is 0 Å². The van der Waals surface area contributed by atoms with Gasteiger partial charge in [0, 0.05) is 23.6 Å². The van der Waals surface area contributed by atoms with Crippen LogP contribution >= 0.6 is 34.5 Å². The van der Waals surface area contributed by atoms with E-state index in [2.05, 4.69) is 10.6 Å². The molecule has 0 atom stereocenters. The van der Waals surface area contributed by atoms with Gasteiger partial charge in [0.25, 0.3) is 5.91 Å². The highest BCUT2D eigenvalue weighted by Crippen LogP contribution is 2.31. The molecule has 2 aromatic carbocycles. The second-order valence-corrected chi connectivity index (χ2v) is 8.35. The van der Waals surface area contributed by atoms with Gasteiger partial charge in [-0.1, -0.05) is 29.3 Å². The molecule has 29 heavy (non-hydrogen) atoms. The van der Waals surface area contributed by atoms with E-state index >= 15 is 0 Å². The normalized spacial score (nSPS) is 13.0. The lowest BCUT2D eigenvalue weighted by Crippen LogP contribution is -2.35. The molecular weight excluding hydrogens is 429 g/mol. The molecule has 8 heteroatoms. The van der Waals surface area contributed by atoms with Gasteiger partial charge in [-0.15, -0.1) is 11.3 Å². The first-order chi connectivity index (χ1) is 14.0. The number of anilines is 3. The van der Waals surface area contributed by atoms with Gasteiger partial charge in [-0.3, -0.25) is 4.79 Å². The number of fused-ring (bicyclic) bond motifs is 1.